The second-order valence-corrected chi connectivity index (χ2v) is 3.79. The number of carbonyl (C=O) groups excluding carboxylic acids is 1. The van der Waals surface area contributed by atoms with Gasteiger partial charge in [0.2, 0.25) is 0 Å². The zero-order valence-electron chi connectivity index (χ0n) is 8.02. The summed E-state index contributed by atoms with van der Waals surface area (Å²) in [7, 11) is 0. The Labute approximate surface area is 102 Å². The van der Waals surface area contributed by atoms with Gasteiger partial charge in [0.05, 0.1) is 5.56 Å². The molecule has 0 fully saturated rings. The highest BCUT2D eigenvalue weighted by Gasteiger charge is 2.13. The normalized spacial score (nSPS) is 10.1. The Morgan fingerprint density at radius 3 is 2.56 bits per heavy atom. The van der Waals surface area contributed by atoms with Crippen molar-refractivity contribution in [1.29, 1.82) is 0 Å². The molecule has 5 heteroatoms. The summed E-state index contributed by atoms with van der Waals surface area (Å²) in [5.74, 6) is -0.220. The van der Waals surface area contributed by atoms with Crippen LogP contribution in [0, 0.1) is 0 Å². The van der Waals surface area contributed by atoms with Crippen molar-refractivity contribution in [2.24, 2.45) is 0 Å². The van der Waals surface area contributed by atoms with E-state index < -0.39 is 0 Å². The fraction of sp³-hybridized carbons (Fsp3) is 0. The minimum absolute atomic E-state index is 0.183. The largest absolute Gasteiger partial charge is 0.288 e. The third-order valence-corrected chi connectivity index (χ3v) is 2.52. The van der Waals surface area contributed by atoms with Crippen molar-refractivity contribution in [2.75, 3.05) is 0 Å². The molecule has 0 aromatic carbocycles. The Balaban J connectivity index is 2.40. The van der Waals surface area contributed by atoms with Crippen LogP contribution in [0.15, 0.2) is 36.7 Å². The van der Waals surface area contributed by atoms with Gasteiger partial charge in [-0.25, -0.2) is 9.97 Å². The average molecular weight is 253 g/mol. The Morgan fingerprint density at radius 1 is 1.12 bits per heavy atom. The van der Waals surface area contributed by atoms with Crippen molar-refractivity contribution in [1.82, 2.24) is 9.97 Å². The number of rotatable bonds is 2. The molecule has 0 aliphatic rings. The van der Waals surface area contributed by atoms with Crippen LogP contribution in [-0.4, -0.2) is 15.8 Å². The zero-order valence-corrected chi connectivity index (χ0v) is 9.53. The van der Waals surface area contributed by atoms with Crippen LogP contribution in [0.2, 0.25) is 10.3 Å². The predicted molar refractivity (Wildman–Crippen MR) is 61.9 cm³/mol. The molecular weight excluding hydrogens is 247 g/mol. The maximum atomic E-state index is 12.0. The van der Waals surface area contributed by atoms with E-state index in [9.17, 15) is 4.79 Å². The summed E-state index contributed by atoms with van der Waals surface area (Å²) >= 11 is 11.5. The lowest BCUT2D eigenvalue weighted by Crippen LogP contribution is -2.03. The van der Waals surface area contributed by atoms with Gasteiger partial charge in [-0.15, -0.1) is 0 Å². The molecule has 3 nitrogen and oxygen atoms in total. The average Bonchev–Trinajstić information content (AvgIpc) is 2.30. The lowest BCUT2D eigenvalue weighted by atomic mass is 10.1. The summed E-state index contributed by atoms with van der Waals surface area (Å²) in [6.45, 7) is 0. The monoisotopic (exact) mass is 252 g/mol. The van der Waals surface area contributed by atoms with E-state index in [4.69, 9.17) is 23.2 Å². The highest BCUT2D eigenvalue weighted by Crippen LogP contribution is 2.16. The quantitative estimate of drug-likeness (QED) is 0.610. The van der Waals surface area contributed by atoms with Crippen LogP contribution < -0.4 is 0 Å². The van der Waals surface area contributed by atoms with Crippen molar-refractivity contribution in [3.63, 3.8) is 0 Å². The lowest BCUT2D eigenvalue weighted by Gasteiger charge is -2.01. The Morgan fingerprint density at radius 2 is 1.94 bits per heavy atom. The molecule has 2 aromatic rings. The van der Waals surface area contributed by atoms with Crippen molar-refractivity contribution >= 4 is 29.0 Å². The van der Waals surface area contributed by atoms with Gasteiger partial charge < -0.3 is 0 Å². The van der Waals surface area contributed by atoms with Crippen molar-refractivity contribution in [3.8, 4) is 0 Å². The van der Waals surface area contributed by atoms with Gasteiger partial charge in [0, 0.05) is 18.0 Å². The molecule has 0 N–H and O–H groups in total. The second-order valence-electron chi connectivity index (χ2n) is 3.04. The van der Waals surface area contributed by atoms with Crippen LogP contribution in [0.4, 0.5) is 0 Å². The standard InChI is InChI=1S/C11H6Cl2N2O/c12-9-4-3-7(6-15-9)10(16)8-2-1-5-14-11(8)13/h1-6H. The van der Waals surface area contributed by atoms with E-state index in [1.807, 2.05) is 0 Å². The number of hydrogen-bond donors (Lipinski definition) is 0. The van der Waals surface area contributed by atoms with Gasteiger partial charge in [-0.05, 0) is 24.3 Å². The summed E-state index contributed by atoms with van der Waals surface area (Å²) < 4.78 is 0. The number of nitrogens with zero attached hydrogens (tertiary/aromatic N) is 2. The molecule has 80 valence electrons. The van der Waals surface area contributed by atoms with E-state index in [0.717, 1.165) is 0 Å². The van der Waals surface area contributed by atoms with Crippen LogP contribution in [0.5, 0.6) is 0 Å². The van der Waals surface area contributed by atoms with E-state index in [1.165, 1.54) is 12.4 Å². The topological polar surface area (TPSA) is 42.9 Å². The first-order chi connectivity index (χ1) is 7.68. The van der Waals surface area contributed by atoms with Crippen LogP contribution in [0.25, 0.3) is 0 Å². The van der Waals surface area contributed by atoms with Crippen LogP contribution in [0.1, 0.15) is 15.9 Å². The van der Waals surface area contributed by atoms with Gasteiger partial charge >= 0.3 is 0 Å². The van der Waals surface area contributed by atoms with E-state index in [1.54, 1.807) is 24.3 Å². The molecule has 2 heterocycles. The minimum Gasteiger partial charge on any atom is -0.288 e. The Bertz CT molecular complexity index is 526. The van der Waals surface area contributed by atoms with Crippen LogP contribution >= 0.6 is 23.2 Å². The zero-order chi connectivity index (χ0) is 11.5. The van der Waals surface area contributed by atoms with Gasteiger partial charge in [-0.2, -0.15) is 0 Å². The minimum atomic E-state index is -0.220. The second kappa shape index (κ2) is 4.60. The van der Waals surface area contributed by atoms with Gasteiger partial charge in [-0.1, -0.05) is 23.2 Å². The first-order valence-corrected chi connectivity index (χ1v) is 5.21. The molecule has 0 aliphatic heterocycles. The van der Waals surface area contributed by atoms with Crippen LogP contribution in [-0.2, 0) is 0 Å². The first-order valence-electron chi connectivity index (χ1n) is 4.45. The highest BCUT2D eigenvalue weighted by molar-refractivity contribution is 6.33. The molecule has 16 heavy (non-hydrogen) atoms. The summed E-state index contributed by atoms with van der Waals surface area (Å²) in [5, 5.41) is 0.524. The van der Waals surface area contributed by atoms with Gasteiger partial charge in [-0.3, -0.25) is 4.79 Å². The van der Waals surface area contributed by atoms with Gasteiger partial charge in [0.25, 0.3) is 0 Å². The highest BCUT2D eigenvalue weighted by atomic mass is 35.5. The molecule has 2 rings (SSSR count). The molecule has 0 radical (unpaired) electrons. The third-order valence-electron chi connectivity index (χ3n) is 1.99. The number of aromatic nitrogens is 2. The number of halogens is 2. The molecule has 0 atom stereocenters. The molecule has 0 amide bonds. The number of carbonyl (C=O) groups is 1. The summed E-state index contributed by atoms with van der Waals surface area (Å²) in [6.07, 6.45) is 2.94. The van der Waals surface area contributed by atoms with E-state index >= 15 is 0 Å². The molecular formula is C11H6Cl2N2O. The number of pyridine rings is 2. The molecule has 0 unspecified atom stereocenters. The molecule has 0 saturated carbocycles. The van der Waals surface area contributed by atoms with Crippen molar-refractivity contribution < 1.29 is 4.79 Å². The Kier molecular flexibility index (Phi) is 3.17. The predicted octanol–water partition coefficient (Wildman–Crippen LogP) is 3.01. The third kappa shape index (κ3) is 2.21. The maximum absolute atomic E-state index is 12.0. The Hall–Kier alpha value is -1.45. The number of hydrogen-bond acceptors (Lipinski definition) is 3. The van der Waals surface area contributed by atoms with E-state index in [2.05, 4.69) is 9.97 Å². The van der Waals surface area contributed by atoms with Gasteiger partial charge in [0.1, 0.15) is 10.3 Å². The number of ketones is 1. The fourth-order valence-electron chi connectivity index (χ4n) is 1.22. The van der Waals surface area contributed by atoms with E-state index in [-0.39, 0.29) is 10.9 Å². The molecule has 0 saturated heterocycles. The molecule has 2 aromatic heterocycles. The summed E-state index contributed by atoms with van der Waals surface area (Å²) in [4.78, 5) is 19.6. The van der Waals surface area contributed by atoms with Gasteiger partial charge in [0.15, 0.2) is 5.78 Å². The van der Waals surface area contributed by atoms with Crippen LogP contribution in [0.3, 0.4) is 0 Å². The fourth-order valence-corrected chi connectivity index (χ4v) is 1.54. The summed E-state index contributed by atoms with van der Waals surface area (Å²) in [5.41, 5.74) is 0.785. The lowest BCUT2D eigenvalue weighted by molar-refractivity contribution is 0.103. The molecule has 0 spiro atoms. The molecule has 0 bridgehead atoms. The van der Waals surface area contributed by atoms with Crippen molar-refractivity contribution in [3.05, 3.63) is 58.1 Å². The SMILES string of the molecule is O=C(c1ccc(Cl)nc1)c1cccnc1Cl. The first kappa shape index (κ1) is 11.0. The maximum Gasteiger partial charge on any atom is 0.197 e. The summed E-state index contributed by atoms with van der Waals surface area (Å²) in [6, 6.07) is 6.43. The van der Waals surface area contributed by atoms with Crippen molar-refractivity contribution in [2.45, 2.75) is 0 Å². The smallest absolute Gasteiger partial charge is 0.197 e. The van der Waals surface area contributed by atoms with E-state index in [0.29, 0.717) is 16.3 Å². The molecule has 0 aliphatic carbocycles.